The van der Waals surface area contributed by atoms with Crippen molar-refractivity contribution in [3.8, 4) is 34.1 Å². The van der Waals surface area contributed by atoms with E-state index in [-0.39, 0.29) is 10.6 Å². The molecule has 1 N–H and O–H groups in total. The first-order valence-electron chi connectivity index (χ1n) is 12.5. The van der Waals surface area contributed by atoms with Gasteiger partial charge in [-0.15, -0.1) is 0 Å². The lowest BCUT2D eigenvalue weighted by atomic mass is 9.98. The molecule has 7 heteroatoms. The lowest BCUT2D eigenvalue weighted by molar-refractivity contribution is 0.0806. The van der Waals surface area contributed by atoms with Crippen LogP contribution in [0.2, 0.25) is 0 Å². The van der Waals surface area contributed by atoms with Crippen LogP contribution in [0.5, 0.6) is 23.0 Å². The Morgan fingerprint density at radius 2 is 1.62 bits per heavy atom. The van der Waals surface area contributed by atoms with Gasteiger partial charge < -0.3 is 14.6 Å². The number of ether oxygens (including phenoxy) is 2. The number of hydrogen-bond acceptors (Lipinski definition) is 6. The highest BCUT2D eigenvalue weighted by atomic mass is 32.2. The maximum absolute atomic E-state index is 11.9. The maximum Gasteiger partial charge on any atom is 0.175 e. The van der Waals surface area contributed by atoms with Crippen molar-refractivity contribution in [2.45, 2.75) is 18.2 Å². The molecule has 5 rings (SSSR count). The fourth-order valence-corrected chi connectivity index (χ4v) is 5.27. The van der Waals surface area contributed by atoms with Gasteiger partial charge in [-0.05, 0) is 77.5 Å². The van der Waals surface area contributed by atoms with Crippen LogP contribution < -0.4 is 9.47 Å². The molecule has 1 saturated heterocycles. The maximum atomic E-state index is 11.9. The molecule has 1 heterocycles. The number of rotatable bonds is 9. The first-order valence-corrected chi connectivity index (χ1v) is 14.4. The number of aromatic hydroxyl groups is 1. The van der Waals surface area contributed by atoms with Gasteiger partial charge in [-0.1, -0.05) is 31.5 Å². The quantitative estimate of drug-likeness (QED) is 0.288. The van der Waals surface area contributed by atoms with E-state index in [1.165, 1.54) is 12.7 Å². The molecule has 0 atom stereocenters. The predicted octanol–water partition coefficient (Wildman–Crippen LogP) is 6.13. The van der Waals surface area contributed by atoms with Crippen LogP contribution in [0.25, 0.3) is 21.9 Å². The molecule has 1 aliphatic rings. The Bertz CT molecular complexity index is 1490. The van der Waals surface area contributed by atoms with Gasteiger partial charge in [0.05, 0.1) is 4.90 Å². The molecular weight excluding hydrogens is 486 g/mol. The summed E-state index contributed by atoms with van der Waals surface area (Å²) in [5.41, 5.74) is 1.65. The third-order valence-corrected chi connectivity index (χ3v) is 8.01. The number of sulfone groups is 1. The van der Waals surface area contributed by atoms with Gasteiger partial charge in [0.25, 0.3) is 0 Å². The summed E-state index contributed by atoms with van der Waals surface area (Å²) in [6, 6.07) is 23.3. The van der Waals surface area contributed by atoms with E-state index < -0.39 is 9.84 Å². The second kappa shape index (κ2) is 10.4. The molecule has 0 aromatic heterocycles. The summed E-state index contributed by atoms with van der Waals surface area (Å²) in [4.78, 5) is 2.67. The molecule has 0 spiro atoms. The molecule has 0 bridgehead atoms. The normalized spacial score (nSPS) is 14.4. The van der Waals surface area contributed by atoms with E-state index in [1.807, 2.05) is 42.5 Å². The summed E-state index contributed by atoms with van der Waals surface area (Å²) in [5.74, 6) is 3.07. The molecule has 4 aromatic rings. The van der Waals surface area contributed by atoms with Gasteiger partial charge in [0, 0.05) is 36.8 Å². The van der Waals surface area contributed by atoms with E-state index in [1.54, 1.807) is 36.4 Å². The predicted molar refractivity (Wildman–Crippen MR) is 146 cm³/mol. The van der Waals surface area contributed by atoms with Crippen molar-refractivity contribution in [2.24, 2.45) is 5.92 Å². The minimum absolute atomic E-state index is 0.175. The third kappa shape index (κ3) is 5.73. The number of hydrogen-bond donors (Lipinski definition) is 1. The Labute approximate surface area is 218 Å². The standard InChI is InChI=1S/C30H31NO5S/c1-3-21-19-31(20-21)16-17-35-25-8-10-26(11-9-25)36-30-28(14-6-23-18-24(32)7-15-29(23)30)22-4-12-27(13-5-22)37(2,33)34/h4-15,18,21,32H,3,16-17,19-20H2,1-2H3. The Kier molecular flexibility index (Phi) is 7.09. The highest BCUT2D eigenvalue weighted by molar-refractivity contribution is 7.90. The largest absolute Gasteiger partial charge is 0.508 e. The summed E-state index contributed by atoms with van der Waals surface area (Å²) < 4.78 is 36.1. The topological polar surface area (TPSA) is 76.1 Å². The minimum atomic E-state index is -3.29. The smallest absolute Gasteiger partial charge is 0.175 e. The number of likely N-dealkylation sites (tertiary alicyclic amines) is 1. The highest BCUT2D eigenvalue weighted by Crippen LogP contribution is 2.41. The van der Waals surface area contributed by atoms with E-state index in [0.717, 1.165) is 53.2 Å². The summed E-state index contributed by atoms with van der Waals surface area (Å²) in [6.07, 6.45) is 2.43. The van der Waals surface area contributed by atoms with Crippen LogP contribution in [-0.2, 0) is 9.84 Å². The molecule has 4 aromatic carbocycles. The summed E-state index contributed by atoms with van der Waals surface area (Å²) in [7, 11) is -3.29. The zero-order chi connectivity index (χ0) is 26.0. The average Bonchev–Trinajstić information content (AvgIpc) is 2.86. The fraction of sp³-hybridized carbons (Fsp3) is 0.267. The van der Waals surface area contributed by atoms with E-state index >= 15 is 0 Å². The van der Waals surface area contributed by atoms with Crippen molar-refractivity contribution < 1.29 is 23.0 Å². The van der Waals surface area contributed by atoms with E-state index in [0.29, 0.717) is 18.1 Å². The minimum Gasteiger partial charge on any atom is -0.508 e. The van der Waals surface area contributed by atoms with Crippen LogP contribution in [-0.4, -0.2) is 50.9 Å². The summed E-state index contributed by atoms with van der Waals surface area (Å²) >= 11 is 0. The number of fused-ring (bicyclic) bond motifs is 1. The SMILES string of the molecule is CCC1CN(CCOc2ccc(Oc3c(-c4ccc(S(C)(=O)=O)cc4)ccc4cc(O)ccc34)cc2)C1. The molecule has 0 unspecified atom stereocenters. The Hall–Kier alpha value is -3.55. The molecule has 1 aliphatic heterocycles. The van der Waals surface area contributed by atoms with Crippen molar-refractivity contribution in [1.82, 2.24) is 4.90 Å². The van der Waals surface area contributed by atoms with Gasteiger partial charge in [-0.25, -0.2) is 8.42 Å². The van der Waals surface area contributed by atoms with Gasteiger partial charge in [0.15, 0.2) is 9.84 Å². The number of phenols is 1. The zero-order valence-corrected chi connectivity index (χ0v) is 21.9. The van der Waals surface area contributed by atoms with Gasteiger partial charge in [-0.3, -0.25) is 4.90 Å². The molecule has 0 radical (unpaired) electrons. The molecular formula is C30H31NO5S. The van der Waals surface area contributed by atoms with Crippen LogP contribution in [0.3, 0.4) is 0 Å². The Balaban J connectivity index is 1.37. The van der Waals surface area contributed by atoms with E-state index in [2.05, 4.69) is 11.8 Å². The molecule has 192 valence electrons. The van der Waals surface area contributed by atoms with E-state index in [9.17, 15) is 13.5 Å². The summed E-state index contributed by atoms with van der Waals surface area (Å²) in [6.45, 7) is 6.14. The van der Waals surface area contributed by atoms with Gasteiger partial charge in [0.2, 0.25) is 0 Å². The lowest BCUT2D eigenvalue weighted by Crippen LogP contribution is -2.47. The zero-order valence-electron chi connectivity index (χ0n) is 21.1. The molecule has 6 nitrogen and oxygen atoms in total. The molecule has 37 heavy (non-hydrogen) atoms. The first kappa shape index (κ1) is 25.1. The highest BCUT2D eigenvalue weighted by Gasteiger charge is 2.24. The van der Waals surface area contributed by atoms with Crippen molar-refractivity contribution >= 4 is 20.6 Å². The number of nitrogens with zero attached hydrogens (tertiary/aromatic N) is 1. The van der Waals surface area contributed by atoms with Crippen molar-refractivity contribution in [3.05, 3.63) is 78.9 Å². The second-order valence-corrected chi connectivity index (χ2v) is 11.6. The van der Waals surface area contributed by atoms with Crippen molar-refractivity contribution in [1.29, 1.82) is 0 Å². The Morgan fingerprint density at radius 1 is 0.919 bits per heavy atom. The van der Waals surface area contributed by atoms with Crippen LogP contribution in [0, 0.1) is 5.92 Å². The van der Waals surface area contributed by atoms with Gasteiger partial charge in [0.1, 0.15) is 29.6 Å². The third-order valence-electron chi connectivity index (χ3n) is 6.88. The van der Waals surface area contributed by atoms with Crippen LogP contribution in [0.15, 0.2) is 83.8 Å². The summed E-state index contributed by atoms with van der Waals surface area (Å²) in [5, 5.41) is 11.6. The monoisotopic (exact) mass is 517 g/mol. The molecule has 1 fully saturated rings. The van der Waals surface area contributed by atoms with Crippen LogP contribution >= 0.6 is 0 Å². The second-order valence-electron chi connectivity index (χ2n) is 9.60. The number of phenolic OH excluding ortho intramolecular Hbond substituents is 1. The van der Waals surface area contributed by atoms with Gasteiger partial charge >= 0.3 is 0 Å². The lowest BCUT2D eigenvalue weighted by Gasteiger charge is -2.38. The van der Waals surface area contributed by atoms with E-state index in [4.69, 9.17) is 9.47 Å². The van der Waals surface area contributed by atoms with Crippen molar-refractivity contribution in [2.75, 3.05) is 32.5 Å². The van der Waals surface area contributed by atoms with Crippen LogP contribution in [0.1, 0.15) is 13.3 Å². The van der Waals surface area contributed by atoms with Crippen LogP contribution in [0.4, 0.5) is 0 Å². The fourth-order valence-electron chi connectivity index (χ4n) is 4.64. The first-order chi connectivity index (χ1) is 17.8. The average molecular weight is 518 g/mol. The molecule has 0 aliphatic carbocycles. The Morgan fingerprint density at radius 3 is 2.30 bits per heavy atom. The number of benzene rings is 4. The molecule has 0 amide bonds. The van der Waals surface area contributed by atoms with Crippen molar-refractivity contribution in [3.63, 3.8) is 0 Å². The molecule has 0 saturated carbocycles. The van der Waals surface area contributed by atoms with Gasteiger partial charge in [-0.2, -0.15) is 0 Å².